The van der Waals surface area contributed by atoms with E-state index in [0.29, 0.717) is 6.54 Å². The predicted octanol–water partition coefficient (Wildman–Crippen LogP) is 0.482. The van der Waals surface area contributed by atoms with Gasteiger partial charge in [-0.1, -0.05) is 24.3 Å². The molecule has 1 amide bonds. The largest absolute Gasteiger partial charge is 0.379 e. The number of nitrogens with zero attached hydrogens (tertiary/aromatic N) is 1. The highest BCUT2D eigenvalue weighted by atomic mass is 16.5. The van der Waals surface area contributed by atoms with Crippen LogP contribution in [-0.2, 0) is 22.6 Å². The van der Waals surface area contributed by atoms with E-state index in [9.17, 15) is 4.79 Å². The molecule has 2 rings (SSSR count). The molecule has 1 fully saturated rings. The van der Waals surface area contributed by atoms with E-state index in [0.717, 1.165) is 38.4 Å². The molecule has 1 aromatic rings. The Morgan fingerprint density at radius 2 is 1.90 bits per heavy atom. The Morgan fingerprint density at radius 1 is 1.30 bits per heavy atom. The van der Waals surface area contributed by atoms with Gasteiger partial charge in [-0.15, -0.1) is 0 Å². The Kier molecular flexibility index (Phi) is 5.52. The first kappa shape index (κ1) is 15.0. The first-order valence-electron chi connectivity index (χ1n) is 7.06. The number of rotatable bonds is 5. The second-order valence-electron chi connectivity index (χ2n) is 5.21. The molecule has 1 aliphatic heterocycles. The molecule has 3 N–H and O–H groups in total. The summed E-state index contributed by atoms with van der Waals surface area (Å²) in [6.07, 6.45) is 0. The van der Waals surface area contributed by atoms with Crippen LogP contribution in [0, 0.1) is 0 Å². The number of carbonyl (C=O) groups is 1. The molecule has 0 radical (unpaired) electrons. The van der Waals surface area contributed by atoms with Crippen molar-refractivity contribution in [1.82, 2.24) is 10.2 Å². The van der Waals surface area contributed by atoms with Crippen molar-refractivity contribution in [3.8, 4) is 0 Å². The number of nitrogens with two attached hydrogens (primary N) is 1. The van der Waals surface area contributed by atoms with Crippen LogP contribution >= 0.6 is 0 Å². The van der Waals surface area contributed by atoms with Crippen LogP contribution in [0.5, 0.6) is 0 Å². The van der Waals surface area contributed by atoms with Crippen LogP contribution in [0.15, 0.2) is 24.3 Å². The topological polar surface area (TPSA) is 67.6 Å². The predicted molar refractivity (Wildman–Crippen MR) is 78.0 cm³/mol. The van der Waals surface area contributed by atoms with Crippen LogP contribution in [0.25, 0.3) is 0 Å². The Hall–Kier alpha value is -1.43. The van der Waals surface area contributed by atoms with Gasteiger partial charge < -0.3 is 15.8 Å². The number of benzene rings is 1. The standard InChI is InChI=1S/C15H23N3O2/c1-12(16)15(19)17-10-13-2-4-14(5-3-13)11-18-6-8-20-9-7-18/h2-5,12H,6-11,16H2,1H3,(H,17,19)/t12-/m0/s1. The summed E-state index contributed by atoms with van der Waals surface area (Å²) in [6.45, 7) is 6.79. The first-order chi connectivity index (χ1) is 9.65. The second kappa shape index (κ2) is 7.38. The zero-order valence-corrected chi connectivity index (χ0v) is 12.0. The van der Waals surface area contributed by atoms with Crippen molar-refractivity contribution < 1.29 is 9.53 Å². The third-order valence-electron chi connectivity index (χ3n) is 3.41. The van der Waals surface area contributed by atoms with E-state index in [4.69, 9.17) is 10.5 Å². The van der Waals surface area contributed by atoms with Gasteiger partial charge in [0.1, 0.15) is 0 Å². The highest BCUT2D eigenvalue weighted by Crippen LogP contribution is 2.09. The minimum Gasteiger partial charge on any atom is -0.379 e. The van der Waals surface area contributed by atoms with E-state index in [2.05, 4.69) is 34.5 Å². The number of morpholine rings is 1. The molecule has 0 spiro atoms. The monoisotopic (exact) mass is 277 g/mol. The maximum atomic E-state index is 11.4. The quantitative estimate of drug-likeness (QED) is 0.821. The Bertz CT molecular complexity index is 425. The third kappa shape index (κ3) is 4.59. The van der Waals surface area contributed by atoms with Crippen molar-refractivity contribution >= 4 is 5.91 Å². The van der Waals surface area contributed by atoms with E-state index >= 15 is 0 Å². The molecule has 1 aromatic carbocycles. The molecule has 0 bridgehead atoms. The molecule has 0 aromatic heterocycles. The van der Waals surface area contributed by atoms with Crippen LogP contribution < -0.4 is 11.1 Å². The lowest BCUT2D eigenvalue weighted by molar-refractivity contribution is -0.122. The Morgan fingerprint density at radius 3 is 2.50 bits per heavy atom. The number of nitrogens with one attached hydrogen (secondary N) is 1. The number of carbonyl (C=O) groups excluding carboxylic acids is 1. The average Bonchev–Trinajstić information content (AvgIpc) is 2.47. The summed E-state index contributed by atoms with van der Waals surface area (Å²) in [7, 11) is 0. The molecule has 1 atom stereocenters. The Balaban J connectivity index is 1.81. The summed E-state index contributed by atoms with van der Waals surface area (Å²) >= 11 is 0. The second-order valence-corrected chi connectivity index (χ2v) is 5.21. The van der Waals surface area contributed by atoms with Crippen LogP contribution in [-0.4, -0.2) is 43.2 Å². The molecule has 1 aliphatic rings. The maximum absolute atomic E-state index is 11.4. The molecule has 20 heavy (non-hydrogen) atoms. The van der Waals surface area contributed by atoms with Gasteiger partial charge in [0.15, 0.2) is 0 Å². The summed E-state index contributed by atoms with van der Waals surface area (Å²) in [6, 6.07) is 7.87. The van der Waals surface area contributed by atoms with Crippen molar-refractivity contribution in [2.45, 2.75) is 26.1 Å². The van der Waals surface area contributed by atoms with Crippen LogP contribution in [0.2, 0.25) is 0 Å². The lowest BCUT2D eigenvalue weighted by Crippen LogP contribution is -2.37. The van der Waals surface area contributed by atoms with E-state index in [1.807, 2.05) is 0 Å². The number of hydrogen-bond donors (Lipinski definition) is 2. The van der Waals surface area contributed by atoms with Gasteiger partial charge in [0, 0.05) is 26.2 Å². The molecular weight excluding hydrogens is 254 g/mol. The smallest absolute Gasteiger partial charge is 0.236 e. The summed E-state index contributed by atoms with van der Waals surface area (Å²) in [4.78, 5) is 13.8. The molecule has 1 heterocycles. The van der Waals surface area contributed by atoms with Crippen molar-refractivity contribution in [2.75, 3.05) is 26.3 Å². The fourth-order valence-corrected chi connectivity index (χ4v) is 2.13. The average molecular weight is 277 g/mol. The molecule has 1 saturated heterocycles. The summed E-state index contributed by atoms with van der Waals surface area (Å²) in [5, 5.41) is 2.81. The fraction of sp³-hybridized carbons (Fsp3) is 0.533. The minimum absolute atomic E-state index is 0.123. The van der Waals surface area contributed by atoms with Gasteiger partial charge in [0.2, 0.25) is 5.91 Å². The summed E-state index contributed by atoms with van der Waals surface area (Å²) < 4.78 is 5.34. The lowest BCUT2D eigenvalue weighted by Gasteiger charge is -2.26. The highest BCUT2D eigenvalue weighted by molar-refractivity contribution is 5.80. The molecular formula is C15H23N3O2. The summed E-state index contributed by atoms with van der Waals surface area (Å²) in [5.74, 6) is -0.123. The maximum Gasteiger partial charge on any atom is 0.236 e. The molecule has 5 nitrogen and oxygen atoms in total. The molecule has 0 unspecified atom stereocenters. The normalized spacial score (nSPS) is 17.7. The van der Waals surface area contributed by atoms with Gasteiger partial charge in [-0.2, -0.15) is 0 Å². The van der Waals surface area contributed by atoms with Crippen LogP contribution in [0.4, 0.5) is 0 Å². The van der Waals surface area contributed by atoms with E-state index in [-0.39, 0.29) is 5.91 Å². The molecule has 5 heteroatoms. The van der Waals surface area contributed by atoms with Crippen molar-refractivity contribution in [1.29, 1.82) is 0 Å². The van der Waals surface area contributed by atoms with Gasteiger partial charge in [-0.25, -0.2) is 0 Å². The highest BCUT2D eigenvalue weighted by Gasteiger charge is 2.10. The van der Waals surface area contributed by atoms with E-state index < -0.39 is 6.04 Å². The molecule has 110 valence electrons. The van der Waals surface area contributed by atoms with Crippen molar-refractivity contribution in [3.63, 3.8) is 0 Å². The van der Waals surface area contributed by atoms with E-state index in [1.54, 1.807) is 6.92 Å². The zero-order valence-electron chi connectivity index (χ0n) is 12.0. The fourth-order valence-electron chi connectivity index (χ4n) is 2.13. The van der Waals surface area contributed by atoms with Crippen molar-refractivity contribution in [3.05, 3.63) is 35.4 Å². The van der Waals surface area contributed by atoms with Gasteiger partial charge in [0.05, 0.1) is 19.3 Å². The Labute approximate surface area is 120 Å². The van der Waals surface area contributed by atoms with Crippen LogP contribution in [0.1, 0.15) is 18.1 Å². The number of amides is 1. The SMILES string of the molecule is C[C@H](N)C(=O)NCc1ccc(CN2CCOCC2)cc1. The zero-order chi connectivity index (χ0) is 14.4. The third-order valence-corrected chi connectivity index (χ3v) is 3.41. The molecule has 0 saturated carbocycles. The van der Waals surface area contributed by atoms with Gasteiger partial charge in [-0.3, -0.25) is 9.69 Å². The van der Waals surface area contributed by atoms with E-state index in [1.165, 1.54) is 5.56 Å². The molecule has 0 aliphatic carbocycles. The number of hydrogen-bond acceptors (Lipinski definition) is 4. The lowest BCUT2D eigenvalue weighted by atomic mass is 10.1. The van der Waals surface area contributed by atoms with Crippen LogP contribution in [0.3, 0.4) is 0 Å². The minimum atomic E-state index is -0.462. The first-order valence-corrected chi connectivity index (χ1v) is 7.06. The van der Waals surface area contributed by atoms with Gasteiger partial charge >= 0.3 is 0 Å². The van der Waals surface area contributed by atoms with Gasteiger partial charge in [-0.05, 0) is 18.1 Å². The van der Waals surface area contributed by atoms with Gasteiger partial charge in [0.25, 0.3) is 0 Å². The summed E-state index contributed by atoms with van der Waals surface area (Å²) in [5.41, 5.74) is 7.87. The number of ether oxygens (including phenoxy) is 1. The van der Waals surface area contributed by atoms with Crippen molar-refractivity contribution in [2.24, 2.45) is 5.73 Å².